The third kappa shape index (κ3) is 6.09. The highest BCUT2D eigenvalue weighted by Gasteiger charge is 2.18. The minimum absolute atomic E-state index is 0.0402. The number of esters is 1. The topological polar surface area (TPSA) is 127 Å². The monoisotopic (exact) mass is 480 g/mol. The first-order valence-corrected chi connectivity index (χ1v) is 12.7. The number of carbonyl (C=O) groups excluding carboxylic acids is 2. The van der Waals surface area contributed by atoms with E-state index in [2.05, 4.69) is 20.6 Å². The van der Waals surface area contributed by atoms with Crippen LogP contribution >= 0.6 is 22.7 Å². The Balaban J connectivity index is 1.59. The van der Waals surface area contributed by atoms with Crippen molar-refractivity contribution in [3.05, 3.63) is 45.9 Å². The molecule has 3 rings (SSSR count). The molecule has 9 nitrogen and oxygen atoms in total. The molecule has 2 aromatic heterocycles. The lowest BCUT2D eigenvalue weighted by Gasteiger charge is -2.04. The molecule has 0 aliphatic heterocycles. The lowest BCUT2D eigenvalue weighted by Crippen LogP contribution is -2.14. The number of carbonyl (C=O) groups is 2. The van der Waals surface area contributed by atoms with Crippen molar-refractivity contribution >= 4 is 60.3 Å². The maximum Gasteiger partial charge on any atom is 0.350 e. The number of anilines is 3. The van der Waals surface area contributed by atoms with Gasteiger partial charge in [0, 0.05) is 17.3 Å². The predicted octanol–water partition coefficient (Wildman–Crippen LogP) is 3.41. The molecule has 0 spiro atoms. The maximum atomic E-state index is 12.3. The largest absolute Gasteiger partial charge is 0.462 e. The van der Waals surface area contributed by atoms with E-state index in [-0.39, 0.29) is 23.8 Å². The van der Waals surface area contributed by atoms with E-state index in [0.29, 0.717) is 32.2 Å². The Bertz CT molecular complexity index is 1200. The molecule has 0 saturated carbocycles. The number of benzene rings is 1. The number of hydrogen-bond donors (Lipinski definition) is 2. The average molecular weight is 481 g/mol. The zero-order valence-corrected chi connectivity index (χ0v) is 19.4. The van der Waals surface area contributed by atoms with Crippen LogP contribution in [0.2, 0.25) is 0 Å². The molecule has 2 N–H and O–H groups in total. The molecule has 0 aliphatic rings. The van der Waals surface area contributed by atoms with Crippen molar-refractivity contribution in [1.82, 2.24) is 9.97 Å². The molecule has 1 amide bonds. The number of amides is 1. The third-order valence-electron chi connectivity index (χ3n) is 3.93. The van der Waals surface area contributed by atoms with E-state index < -0.39 is 15.8 Å². The van der Waals surface area contributed by atoms with Crippen LogP contribution in [0.3, 0.4) is 0 Å². The van der Waals surface area contributed by atoms with Gasteiger partial charge in [-0.3, -0.25) is 4.79 Å². The van der Waals surface area contributed by atoms with Gasteiger partial charge >= 0.3 is 5.97 Å². The number of thiazole rings is 2. The highest BCUT2D eigenvalue weighted by Crippen LogP contribution is 2.25. The van der Waals surface area contributed by atoms with Crippen molar-refractivity contribution < 1.29 is 22.7 Å². The lowest BCUT2D eigenvalue weighted by molar-refractivity contribution is -0.115. The second-order valence-electron chi connectivity index (χ2n) is 6.44. The fraction of sp³-hybridized carbons (Fsp3) is 0.263. The van der Waals surface area contributed by atoms with Crippen LogP contribution in [0.1, 0.15) is 28.0 Å². The van der Waals surface area contributed by atoms with Gasteiger partial charge in [0.2, 0.25) is 5.91 Å². The van der Waals surface area contributed by atoms with Gasteiger partial charge in [0.05, 0.1) is 29.3 Å². The summed E-state index contributed by atoms with van der Waals surface area (Å²) in [5, 5.41) is 8.41. The second kappa shape index (κ2) is 9.54. The molecule has 0 aliphatic carbocycles. The van der Waals surface area contributed by atoms with Gasteiger partial charge in [-0.25, -0.2) is 23.2 Å². The SMILES string of the molecule is CCOC(=O)c1sc(NC(=O)Cc2csc(Nc3ccc(S(C)(=O)=O)cc3)n2)nc1C. The first kappa shape index (κ1) is 22.8. The molecule has 0 fully saturated rings. The van der Waals surface area contributed by atoms with Crippen LogP contribution in [0.15, 0.2) is 34.5 Å². The molecule has 3 aromatic rings. The number of nitrogens with zero attached hydrogens (tertiary/aromatic N) is 2. The summed E-state index contributed by atoms with van der Waals surface area (Å²) in [6.07, 6.45) is 1.19. The van der Waals surface area contributed by atoms with Gasteiger partial charge < -0.3 is 15.4 Å². The van der Waals surface area contributed by atoms with E-state index in [1.54, 1.807) is 31.4 Å². The summed E-state index contributed by atoms with van der Waals surface area (Å²) in [6, 6.07) is 6.33. The Morgan fingerprint density at radius 2 is 1.84 bits per heavy atom. The van der Waals surface area contributed by atoms with Crippen LogP contribution in [0.5, 0.6) is 0 Å². The highest BCUT2D eigenvalue weighted by atomic mass is 32.2. The van der Waals surface area contributed by atoms with E-state index >= 15 is 0 Å². The lowest BCUT2D eigenvalue weighted by atomic mass is 10.3. The van der Waals surface area contributed by atoms with Crippen LogP contribution in [0.25, 0.3) is 0 Å². The van der Waals surface area contributed by atoms with E-state index in [9.17, 15) is 18.0 Å². The molecular weight excluding hydrogens is 460 g/mol. The summed E-state index contributed by atoms with van der Waals surface area (Å²) < 4.78 is 28.0. The molecular formula is C19H20N4O5S3. The number of aromatic nitrogens is 2. The first-order chi connectivity index (χ1) is 14.7. The summed E-state index contributed by atoms with van der Waals surface area (Å²) in [7, 11) is -3.25. The minimum Gasteiger partial charge on any atom is -0.462 e. The smallest absolute Gasteiger partial charge is 0.350 e. The molecule has 0 radical (unpaired) electrons. The van der Waals surface area contributed by atoms with Gasteiger partial charge in [0.25, 0.3) is 0 Å². The van der Waals surface area contributed by atoms with Gasteiger partial charge in [0.1, 0.15) is 4.88 Å². The Morgan fingerprint density at radius 3 is 2.48 bits per heavy atom. The van der Waals surface area contributed by atoms with Crippen molar-refractivity contribution in [2.75, 3.05) is 23.5 Å². The Labute approximate surface area is 187 Å². The van der Waals surface area contributed by atoms with E-state index in [0.717, 1.165) is 17.6 Å². The molecule has 1 aromatic carbocycles. The third-order valence-corrected chi connectivity index (χ3v) is 6.92. The molecule has 0 unspecified atom stereocenters. The summed E-state index contributed by atoms with van der Waals surface area (Å²) in [5.74, 6) is -0.767. The molecule has 0 saturated heterocycles. The van der Waals surface area contributed by atoms with Crippen LogP contribution in [0.4, 0.5) is 16.0 Å². The van der Waals surface area contributed by atoms with Gasteiger partial charge in [0.15, 0.2) is 20.1 Å². The van der Waals surface area contributed by atoms with Crippen LogP contribution in [-0.2, 0) is 25.8 Å². The van der Waals surface area contributed by atoms with Crippen molar-refractivity contribution in [3.8, 4) is 0 Å². The normalized spacial score (nSPS) is 11.2. The van der Waals surface area contributed by atoms with Crippen molar-refractivity contribution in [1.29, 1.82) is 0 Å². The number of sulfone groups is 1. The van der Waals surface area contributed by atoms with E-state index in [4.69, 9.17) is 4.74 Å². The van der Waals surface area contributed by atoms with Gasteiger partial charge in [-0.15, -0.1) is 11.3 Å². The number of hydrogen-bond acceptors (Lipinski definition) is 10. The Kier molecular flexibility index (Phi) is 7.03. The molecule has 31 heavy (non-hydrogen) atoms. The highest BCUT2D eigenvalue weighted by molar-refractivity contribution is 7.90. The molecule has 12 heteroatoms. The first-order valence-electron chi connectivity index (χ1n) is 9.11. The quantitative estimate of drug-likeness (QED) is 0.470. The predicted molar refractivity (Wildman–Crippen MR) is 120 cm³/mol. The fourth-order valence-corrected chi connectivity index (χ4v) is 4.76. The van der Waals surface area contributed by atoms with Crippen molar-refractivity contribution in [3.63, 3.8) is 0 Å². The maximum absolute atomic E-state index is 12.3. The van der Waals surface area contributed by atoms with Gasteiger partial charge in [-0.1, -0.05) is 11.3 Å². The van der Waals surface area contributed by atoms with E-state index in [1.807, 2.05) is 0 Å². The van der Waals surface area contributed by atoms with Gasteiger partial charge in [-0.2, -0.15) is 0 Å². The number of ether oxygens (including phenoxy) is 1. The summed E-state index contributed by atoms with van der Waals surface area (Å²) in [4.78, 5) is 33.3. The zero-order chi connectivity index (χ0) is 22.6. The molecule has 2 heterocycles. The number of nitrogens with one attached hydrogen (secondary N) is 2. The molecule has 0 bridgehead atoms. The zero-order valence-electron chi connectivity index (χ0n) is 17.0. The fourth-order valence-electron chi connectivity index (χ4n) is 2.52. The minimum atomic E-state index is -3.25. The summed E-state index contributed by atoms with van der Waals surface area (Å²) in [6.45, 7) is 3.66. The van der Waals surface area contributed by atoms with Gasteiger partial charge in [-0.05, 0) is 38.1 Å². The Hall–Kier alpha value is -2.83. The van der Waals surface area contributed by atoms with Crippen LogP contribution < -0.4 is 10.6 Å². The second-order valence-corrected chi connectivity index (χ2v) is 10.3. The van der Waals surface area contributed by atoms with Crippen LogP contribution in [-0.4, -0.2) is 43.1 Å². The molecule has 0 atom stereocenters. The van der Waals surface area contributed by atoms with Crippen molar-refractivity contribution in [2.45, 2.75) is 25.2 Å². The number of aryl methyl sites for hydroxylation is 1. The van der Waals surface area contributed by atoms with Crippen LogP contribution in [0, 0.1) is 6.92 Å². The van der Waals surface area contributed by atoms with E-state index in [1.165, 1.54) is 23.5 Å². The standard InChI is InChI=1S/C19H20N4O5S3/c1-4-28-17(25)16-11(2)20-19(30-16)23-15(24)9-13-10-29-18(22-13)21-12-5-7-14(8-6-12)31(3,26)27/h5-8,10H,4,9H2,1-3H3,(H,21,22)(H,20,23,24). The number of rotatable bonds is 8. The summed E-state index contributed by atoms with van der Waals surface area (Å²) >= 11 is 2.39. The van der Waals surface area contributed by atoms with Crippen molar-refractivity contribution in [2.24, 2.45) is 0 Å². The summed E-state index contributed by atoms with van der Waals surface area (Å²) in [5.41, 5.74) is 1.75. The molecule has 164 valence electrons. The average Bonchev–Trinajstić information content (AvgIpc) is 3.27. The Morgan fingerprint density at radius 1 is 1.13 bits per heavy atom.